The molecule has 0 unspecified atom stereocenters. The van der Waals surface area contributed by atoms with Gasteiger partial charge in [-0.2, -0.15) is 0 Å². The molecule has 25 heavy (non-hydrogen) atoms. The van der Waals surface area contributed by atoms with Gasteiger partial charge in [0.15, 0.2) is 10.9 Å². The Labute approximate surface area is 147 Å². The molecule has 0 saturated heterocycles. The standard InChI is InChI=1S/C17H15N3O4S/c1-3-24-13-8-7-11(9-12(13)20(22)23)16(21)19-17-18-15-10(2)5-4-6-14(15)25-17/h4-9H,3H2,1-2H3,(H,18,19,21). The zero-order valence-electron chi connectivity index (χ0n) is 13.6. The van der Waals surface area contributed by atoms with E-state index in [9.17, 15) is 14.9 Å². The number of amides is 1. The van der Waals surface area contributed by atoms with Crippen LogP contribution in [0, 0.1) is 17.0 Å². The molecule has 2 aromatic carbocycles. The Bertz CT molecular complexity index is 968. The van der Waals surface area contributed by atoms with Crippen molar-refractivity contribution in [3.63, 3.8) is 0 Å². The van der Waals surface area contributed by atoms with Crippen LogP contribution in [0.25, 0.3) is 10.2 Å². The molecule has 7 nitrogen and oxygen atoms in total. The number of hydrogen-bond donors (Lipinski definition) is 1. The van der Waals surface area contributed by atoms with Crippen molar-refractivity contribution in [1.82, 2.24) is 4.98 Å². The molecule has 0 spiro atoms. The largest absolute Gasteiger partial charge is 0.487 e. The Balaban J connectivity index is 1.88. The fraction of sp³-hybridized carbons (Fsp3) is 0.176. The first kappa shape index (κ1) is 16.8. The van der Waals surface area contributed by atoms with Gasteiger partial charge >= 0.3 is 5.69 Å². The first-order chi connectivity index (χ1) is 12.0. The second kappa shape index (κ2) is 6.86. The molecule has 8 heteroatoms. The third-order valence-corrected chi connectivity index (χ3v) is 4.49. The molecule has 0 aliphatic heterocycles. The Morgan fingerprint density at radius 2 is 2.16 bits per heavy atom. The SMILES string of the molecule is CCOc1ccc(C(=O)Nc2nc3c(C)cccc3s2)cc1[N+](=O)[O-]. The highest BCUT2D eigenvalue weighted by molar-refractivity contribution is 7.22. The van der Waals surface area contributed by atoms with Gasteiger partial charge in [0, 0.05) is 11.6 Å². The van der Waals surface area contributed by atoms with Crippen LogP contribution in [0.5, 0.6) is 5.75 Å². The smallest absolute Gasteiger partial charge is 0.311 e. The third-order valence-electron chi connectivity index (χ3n) is 3.56. The van der Waals surface area contributed by atoms with Gasteiger partial charge in [0.05, 0.1) is 21.7 Å². The predicted octanol–water partition coefficient (Wildman–Crippen LogP) is 4.16. The Hall–Kier alpha value is -3.00. The van der Waals surface area contributed by atoms with Gasteiger partial charge in [-0.05, 0) is 37.6 Å². The van der Waals surface area contributed by atoms with Crippen LogP contribution >= 0.6 is 11.3 Å². The number of nitro benzene ring substituents is 1. The number of hydrogen-bond acceptors (Lipinski definition) is 6. The van der Waals surface area contributed by atoms with Gasteiger partial charge in [0.2, 0.25) is 0 Å². The Morgan fingerprint density at radius 1 is 1.36 bits per heavy atom. The minimum atomic E-state index is -0.567. The van der Waals surface area contributed by atoms with Crippen LogP contribution in [0.4, 0.5) is 10.8 Å². The van der Waals surface area contributed by atoms with Crippen LogP contribution in [-0.2, 0) is 0 Å². The van der Waals surface area contributed by atoms with Gasteiger partial charge in [-0.3, -0.25) is 20.2 Å². The molecule has 1 heterocycles. The van der Waals surface area contributed by atoms with E-state index in [1.807, 2.05) is 25.1 Å². The van der Waals surface area contributed by atoms with E-state index in [0.29, 0.717) is 11.7 Å². The summed E-state index contributed by atoms with van der Waals surface area (Å²) in [5.74, 6) is -0.317. The van der Waals surface area contributed by atoms with Crippen molar-refractivity contribution in [2.75, 3.05) is 11.9 Å². The number of para-hydroxylation sites is 1. The number of benzene rings is 2. The summed E-state index contributed by atoms with van der Waals surface area (Å²) in [5.41, 5.74) is 1.78. The minimum absolute atomic E-state index is 0.139. The summed E-state index contributed by atoms with van der Waals surface area (Å²) in [6, 6.07) is 9.93. The van der Waals surface area contributed by atoms with Crippen molar-refractivity contribution < 1.29 is 14.5 Å². The second-order valence-electron chi connectivity index (χ2n) is 5.27. The van der Waals surface area contributed by atoms with E-state index in [0.717, 1.165) is 15.8 Å². The molecule has 1 amide bonds. The van der Waals surface area contributed by atoms with Gasteiger partial charge in [-0.15, -0.1) is 0 Å². The summed E-state index contributed by atoms with van der Waals surface area (Å²) < 4.78 is 6.19. The number of nitrogens with zero attached hydrogens (tertiary/aromatic N) is 2. The summed E-state index contributed by atoms with van der Waals surface area (Å²) in [7, 11) is 0. The molecular formula is C17H15N3O4S. The number of rotatable bonds is 5. The van der Waals surface area contributed by atoms with Crippen molar-refractivity contribution in [3.05, 3.63) is 57.6 Å². The maximum atomic E-state index is 12.4. The van der Waals surface area contributed by atoms with Crippen LogP contribution in [0.1, 0.15) is 22.8 Å². The molecule has 3 rings (SSSR count). The molecule has 128 valence electrons. The summed E-state index contributed by atoms with van der Waals surface area (Å²) >= 11 is 1.35. The van der Waals surface area contributed by atoms with Crippen LogP contribution in [0.3, 0.4) is 0 Å². The van der Waals surface area contributed by atoms with Gasteiger partial charge in [-0.25, -0.2) is 4.98 Å². The maximum absolute atomic E-state index is 12.4. The number of anilines is 1. The maximum Gasteiger partial charge on any atom is 0.311 e. The van der Waals surface area contributed by atoms with Crippen molar-refractivity contribution in [2.24, 2.45) is 0 Å². The number of nitro groups is 1. The first-order valence-electron chi connectivity index (χ1n) is 7.58. The van der Waals surface area contributed by atoms with E-state index in [1.165, 1.54) is 29.5 Å². The summed E-state index contributed by atoms with van der Waals surface area (Å²) in [6.07, 6.45) is 0. The van der Waals surface area contributed by atoms with Crippen LogP contribution in [0.15, 0.2) is 36.4 Å². The Kier molecular flexibility index (Phi) is 4.62. The molecule has 3 aromatic rings. The molecule has 1 aromatic heterocycles. The number of fused-ring (bicyclic) bond motifs is 1. The van der Waals surface area contributed by atoms with Crippen molar-refractivity contribution in [2.45, 2.75) is 13.8 Å². The number of carbonyl (C=O) groups excluding carboxylic acids is 1. The summed E-state index contributed by atoms with van der Waals surface area (Å²) in [6.45, 7) is 3.99. The third kappa shape index (κ3) is 3.43. The molecule has 0 atom stereocenters. The zero-order valence-corrected chi connectivity index (χ0v) is 14.4. The van der Waals surface area contributed by atoms with Gasteiger partial charge in [0.1, 0.15) is 0 Å². The lowest BCUT2D eigenvalue weighted by Gasteiger charge is -2.06. The van der Waals surface area contributed by atoms with Gasteiger partial charge in [-0.1, -0.05) is 23.5 Å². The summed E-state index contributed by atoms with van der Waals surface area (Å²) in [5, 5.41) is 14.3. The topological polar surface area (TPSA) is 94.4 Å². The van der Waals surface area contributed by atoms with E-state index < -0.39 is 10.8 Å². The molecule has 0 bridgehead atoms. The molecule has 0 aliphatic carbocycles. The van der Waals surface area contributed by atoms with Gasteiger partial charge in [0.25, 0.3) is 5.91 Å². The lowest BCUT2D eigenvalue weighted by molar-refractivity contribution is -0.385. The molecule has 0 radical (unpaired) electrons. The van der Waals surface area contributed by atoms with E-state index in [-0.39, 0.29) is 17.0 Å². The number of carbonyl (C=O) groups is 1. The highest BCUT2D eigenvalue weighted by Gasteiger charge is 2.19. The van der Waals surface area contributed by atoms with Crippen LogP contribution in [0.2, 0.25) is 0 Å². The zero-order chi connectivity index (χ0) is 18.0. The first-order valence-corrected chi connectivity index (χ1v) is 8.40. The van der Waals surface area contributed by atoms with Gasteiger partial charge < -0.3 is 4.74 Å². The molecular weight excluding hydrogens is 342 g/mol. The normalized spacial score (nSPS) is 10.6. The Morgan fingerprint density at radius 3 is 2.84 bits per heavy atom. The van der Waals surface area contributed by atoms with Crippen LogP contribution < -0.4 is 10.1 Å². The average Bonchev–Trinajstić information content (AvgIpc) is 2.99. The average molecular weight is 357 g/mol. The number of nitrogens with one attached hydrogen (secondary N) is 1. The quantitative estimate of drug-likeness (QED) is 0.546. The second-order valence-corrected chi connectivity index (χ2v) is 6.30. The van der Waals surface area contributed by atoms with E-state index in [1.54, 1.807) is 6.92 Å². The monoisotopic (exact) mass is 357 g/mol. The van der Waals surface area contributed by atoms with E-state index >= 15 is 0 Å². The molecule has 0 fully saturated rings. The molecule has 1 N–H and O–H groups in total. The number of ether oxygens (including phenoxy) is 1. The lowest BCUT2D eigenvalue weighted by atomic mass is 10.1. The molecule has 0 saturated carbocycles. The van der Waals surface area contributed by atoms with E-state index in [4.69, 9.17) is 4.74 Å². The van der Waals surface area contributed by atoms with Crippen molar-refractivity contribution in [1.29, 1.82) is 0 Å². The fourth-order valence-electron chi connectivity index (χ4n) is 2.39. The predicted molar refractivity (Wildman–Crippen MR) is 96.6 cm³/mol. The van der Waals surface area contributed by atoms with Crippen molar-refractivity contribution >= 4 is 38.3 Å². The van der Waals surface area contributed by atoms with E-state index in [2.05, 4.69) is 10.3 Å². The van der Waals surface area contributed by atoms with Crippen LogP contribution in [-0.4, -0.2) is 22.4 Å². The van der Waals surface area contributed by atoms with Crippen molar-refractivity contribution in [3.8, 4) is 5.75 Å². The number of thiazole rings is 1. The number of aromatic nitrogens is 1. The highest BCUT2D eigenvalue weighted by Crippen LogP contribution is 2.30. The highest BCUT2D eigenvalue weighted by atomic mass is 32.1. The minimum Gasteiger partial charge on any atom is -0.487 e. The summed E-state index contributed by atoms with van der Waals surface area (Å²) in [4.78, 5) is 27.4. The fourth-order valence-corrected chi connectivity index (χ4v) is 3.33. The molecule has 0 aliphatic rings. The number of aryl methyl sites for hydroxylation is 1. The lowest BCUT2D eigenvalue weighted by Crippen LogP contribution is -2.12.